The maximum absolute atomic E-state index is 11.8. The minimum absolute atomic E-state index is 0.0583. The molecule has 0 aliphatic heterocycles. The van der Waals surface area contributed by atoms with Gasteiger partial charge in [-0.2, -0.15) is 0 Å². The van der Waals surface area contributed by atoms with Crippen LogP contribution in [0.1, 0.15) is 30.9 Å². The van der Waals surface area contributed by atoms with Crippen molar-refractivity contribution in [3.8, 4) is 11.5 Å². The lowest BCUT2D eigenvalue weighted by molar-refractivity contribution is -0.138. The van der Waals surface area contributed by atoms with Gasteiger partial charge in [0.2, 0.25) is 0 Å². The molecule has 0 fully saturated rings. The van der Waals surface area contributed by atoms with E-state index in [2.05, 4.69) is 31.2 Å². The van der Waals surface area contributed by atoms with Crippen LogP contribution < -0.4 is 4.74 Å². The predicted octanol–water partition coefficient (Wildman–Crippen LogP) is 4.62. The van der Waals surface area contributed by atoms with Gasteiger partial charge < -0.3 is 14.6 Å². The molecule has 2 aromatic carbocycles. The van der Waals surface area contributed by atoms with Gasteiger partial charge in [0.15, 0.2) is 0 Å². The maximum Gasteiger partial charge on any atom is 0.330 e. The summed E-state index contributed by atoms with van der Waals surface area (Å²) < 4.78 is 10.3. The van der Waals surface area contributed by atoms with E-state index in [1.165, 1.54) is 30.9 Å². The maximum atomic E-state index is 11.8. The molecule has 0 radical (unpaired) electrons. The third-order valence-corrected chi connectivity index (χ3v) is 4.26. The average molecular weight is 354 g/mol. The Hall–Kier alpha value is -2.75. The number of carbonyl (C=O) groups is 1. The molecule has 0 heterocycles. The normalized spacial score (nSPS) is 12.1. The average Bonchev–Trinajstić information content (AvgIpc) is 2.66. The van der Waals surface area contributed by atoms with Crippen molar-refractivity contribution >= 4 is 12.0 Å². The van der Waals surface area contributed by atoms with Crippen LogP contribution in [-0.2, 0) is 16.0 Å². The first-order valence-electron chi connectivity index (χ1n) is 8.84. The molecule has 0 bridgehead atoms. The number of phenolic OH excluding ortho intramolecular Hbond substituents is 1. The Morgan fingerprint density at radius 3 is 2.62 bits per heavy atom. The van der Waals surface area contributed by atoms with Crippen LogP contribution >= 0.6 is 0 Å². The van der Waals surface area contributed by atoms with Crippen molar-refractivity contribution in [1.82, 2.24) is 0 Å². The van der Waals surface area contributed by atoms with Crippen molar-refractivity contribution in [2.75, 3.05) is 13.7 Å². The fourth-order valence-corrected chi connectivity index (χ4v) is 2.56. The summed E-state index contributed by atoms with van der Waals surface area (Å²) in [7, 11) is 1.53. The smallest absolute Gasteiger partial charge is 0.330 e. The number of carbonyl (C=O) groups excluding carboxylic acids is 1. The zero-order valence-corrected chi connectivity index (χ0v) is 15.4. The molecule has 26 heavy (non-hydrogen) atoms. The molecule has 0 aromatic heterocycles. The minimum Gasteiger partial charge on any atom is -0.507 e. The Balaban J connectivity index is 1.69. The largest absolute Gasteiger partial charge is 0.507 e. The van der Waals surface area contributed by atoms with Crippen molar-refractivity contribution in [1.29, 1.82) is 0 Å². The number of hydrogen-bond acceptors (Lipinski definition) is 4. The number of aromatic hydroxyl groups is 1. The van der Waals surface area contributed by atoms with E-state index in [1.807, 2.05) is 6.07 Å². The Morgan fingerprint density at radius 1 is 1.15 bits per heavy atom. The van der Waals surface area contributed by atoms with E-state index in [0.717, 1.165) is 19.3 Å². The molecule has 4 nitrogen and oxygen atoms in total. The van der Waals surface area contributed by atoms with Gasteiger partial charge in [0, 0.05) is 17.7 Å². The van der Waals surface area contributed by atoms with Crippen LogP contribution in [0, 0.1) is 5.92 Å². The second kappa shape index (κ2) is 10.3. The zero-order valence-electron chi connectivity index (χ0n) is 15.4. The number of phenols is 1. The summed E-state index contributed by atoms with van der Waals surface area (Å²) in [5.41, 5.74) is 1.87. The van der Waals surface area contributed by atoms with E-state index in [0.29, 0.717) is 23.8 Å². The van der Waals surface area contributed by atoms with Crippen LogP contribution in [0.5, 0.6) is 11.5 Å². The third kappa shape index (κ3) is 6.63. The quantitative estimate of drug-likeness (QED) is 0.527. The number of benzene rings is 2. The van der Waals surface area contributed by atoms with Crippen molar-refractivity contribution in [2.24, 2.45) is 5.92 Å². The van der Waals surface area contributed by atoms with Gasteiger partial charge in [-0.15, -0.1) is 0 Å². The number of rotatable bonds is 9. The Labute approximate surface area is 155 Å². The molecule has 2 aromatic rings. The van der Waals surface area contributed by atoms with Crippen molar-refractivity contribution in [3.63, 3.8) is 0 Å². The van der Waals surface area contributed by atoms with Crippen LogP contribution in [0.25, 0.3) is 6.08 Å². The summed E-state index contributed by atoms with van der Waals surface area (Å²) in [6.07, 6.45) is 5.80. The van der Waals surface area contributed by atoms with Gasteiger partial charge in [-0.05, 0) is 49.0 Å². The molecule has 0 saturated carbocycles. The van der Waals surface area contributed by atoms with Gasteiger partial charge in [-0.1, -0.05) is 37.3 Å². The monoisotopic (exact) mass is 354 g/mol. The molecule has 0 spiro atoms. The summed E-state index contributed by atoms with van der Waals surface area (Å²) in [6, 6.07) is 15.3. The summed E-state index contributed by atoms with van der Waals surface area (Å²) >= 11 is 0. The Morgan fingerprint density at radius 2 is 1.92 bits per heavy atom. The molecular weight excluding hydrogens is 328 g/mol. The molecule has 138 valence electrons. The highest BCUT2D eigenvalue weighted by atomic mass is 16.5. The summed E-state index contributed by atoms with van der Waals surface area (Å²) in [5, 5.41) is 9.85. The summed E-state index contributed by atoms with van der Waals surface area (Å²) in [5.74, 6) is 0.697. The Kier molecular flexibility index (Phi) is 7.75. The van der Waals surface area contributed by atoms with E-state index in [4.69, 9.17) is 9.47 Å². The molecule has 0 aliphatic carbocycles. The summed E-state index contributed by atoms with van der Waals surface area (Å²) in [4.78, 5) is 11.8. The van der Waals surface area contributed by atoms with Gasteiger partial charge in [-0.3, -0.25) is 0 Å². The molecule has 0 amide bonds. The second-order valence-electron chi connectivity index (χ2n) is 6.34. The summed E-state index contributed by atoms with van der Waals surface area (Å²) in [6.45, 7) is 2.57. The van der Waals surface area contributed by atoms with Gasteiger partial charge >= 0.3 is 5.97 Å². The van der Waals surface area contributed by atoms with Gasteiger partial charge in [0.1, 0.15) is 11.5 Å². The molecule has 0 saturated heterocycles. The number of methoxy groups -OCH3 is 1. The molecule has 1 atom stereocenters. The molecular formula is C22H26O4. The SMILES string of the molecule is COc1ccc(/C=C/C(=O)OCCC(C)CCc2ccccc2)c(O)c1. The molecule has 0 aliphatic rings. The molecule has 1 unspecified atom stereocenters. The van der Waals surface area contributed by atoms with Gasteiger partial charge in [-0.25, -0.2) is 4.79 Å². The van der Waals surface area contributed by atoms with E-state index in [-0.39, 0.29) is 5.75 Å². The third-order valence-electron chi connectivity index (χ3n) is 4.26. The first-order chi connectivity index (χ1) is 12.6. The van der Waals surface area contributed by atoms with Crippen LogP contribution in [-0.4, -0.2) is 24.8 Å². The lowest BCUT2D eigenvalue weighted by Gasteiger charge is -2.11. The first-order valence-corrected chi connectivity index (χ1v) is 8.84. The van der Waals surface area contributed by atoms with Crippen LogP contribution in [0.4, 0.5) is 0 Å². The highest BCUT2D eigenvalue weighted by molar-refractivity contribution is 5.87. The lowest BCUT2D eigenvalue weighted by Crippen LogP contribution is -2.07. The van der Waals surface area contributed by atoms with Gasteiger partial charge in [0.25, 0.3) is 0 Å². The van der Waals surface area contributed by atoms with Crippen molar-refractivity contribution in [3.05, 3.63) is 65.7 Å². The number of aryl methyl sites for hydroxylation is 1. The number of ether oxygens (including phenoxy) is 2. The zero-order chi connectivity index (χ0) is 18.8. The predicted molar refractivity (Wildman–Crippen MR) is 103 cm³/mol. The number of hydrogen-bond donors (Lipinski definition) is 1. The van der Waals surface area contributed by atoms with Crippen molar-refractivity contribution < 1.29 is 19.4 Å². The highest BCUT2D eigenvalue weighted by Crippen LogP contribution is 2.24. The molecule has 2 rings (SSSR count). The second-order valence-corrected chi connectivity index (χ2v) is 6.34. The van der Waals surface area contributed by atoms with Crippen LogP contribution in [0.3, 0.4) is 0 Å². The lowest BCUT2D eigenvalue weighted by atomic mass is 9.99. The Bertz CT molecular complexity index is 722. The van der Waals surface area contributed by atoms with Crippen LogP contribution in [0.2, 0.25) is 0 Å². The van der Waals surface area contributed by atoms with E-state index in [9.17, 15) is 9.90 Å². The molecule has 1 N–H and O–H groups in total. The topological polar surface area (TPSA) is 55.8 Å². The highest BCUT2D eigenvalue weighted by Gasteiger charge is 2.06. The minimum atomic E-state index is -0.407. The van der Waals surface area contributed by atoms with E-state index >= 15 is 0 Å². The van der Waals surface area contributed by atoms with E-state index < -0.39 is 5.97 Å². The fraction of sp³-hybridized carbons (Fsp3) is 0.318. The van der Waals surface area contributed by atoms with E-state index in [1.54, 1.807) is 12.1 Å². The standard InChI is InChI=1S/C22H26O4/c1-17(8-9-18-6-4-3-5-7-18)14-15-26-22(24)13-11-19-10-12-20(25-2)16-21(19)23/h3-7,10-13,16-17,23H,8-9,14-15H2,1-2H3/b13-11+. The first kappa shape index (κ1) is 19.6. The van der Waals surface area contributed by atoms with Crippen molar-refractivity contribution in [2.45, 2.75) is 26.2 Å². The molecule has 4 heteroatoms. The van der Waals surface area contributed by atoms with Gasteiger partial charge in [0.05, 0.1) is 13.7 Å². The number of esters is 1. The fourth-order valence-electron chi connectivity index (χ4n) is 2.56. The van der Waals surface area contributed by atoms with Crippen LogP contribution in [0.15, 0.2) is 54.6 Å².